The predicted octanol–water partition coefficient (Wildman–Crippen LogP) is 5.44. The fourth-order valence-electron chi connectivity index (χ4n) is 3.17. The van der Waals surface area contributed by atoms with Crippen LogP contribution in [0.5, 0.6) is 0 Å². The Morgan fingerprint density at radius 1 is 0.920 bits per heavy atom. The monoisotopic (exact) mass is 326 g/mol. The lowest BCUT2D eigenvalue weighted by molar-refractivity contribution is -0.130. The Balaban J connectivity index is 1.80. The summed E-state index contributed by atoms with van der Waals surface area (Å²) in [6.45, 7) is 4.06. The van der Waals surface area contributed by atoms with Crippen molar-refractivity contribution >= 4 is 28.6 Å². The van der Waals surface area contributed by atoms with Gasteiger partial charge in [-0.15, -0.1) is 0 Å². The summed E-state index contributed by atoms with van der Waals surface area (Å²) in [6.07, 6.45) is 3.74. The minimum absolute atomic E-state index is 0.302. The normalized spacial score (nSPS) is 15.5. The highest BCUT2D eigenvalue weighted by Gasteiger charge is 2.23. The summed E-state index contributed by atoms with van der Waals surface area (Å²) in [5, 5.41) is 2.28. The van der Waals surface area contributed by atoms with Gasteiger partial charge in [0, 0.05) is 5.56 Å². The van der Waals surface area contributed by atoms with Crippen molar-refractivity contribution in [3.05, 3.63) is 94.6 Å². The van der Waals surface area contributed by atoms with Crippen molar-refractivity contribution in [2.24, 2.45) is 0 Å². The molecule has 2 nitrogen and oxygen atoms in total. The van der Waals surface area contributed by atoms with E-state index >= 15 is 0 Å². The van der Waals surface area contributed by atoms with Crippen LogP contribution >= 0.6 is 0 Å². The molecule has 0 saturated carbocycles. The maximum absolute atomic E-state index is 12.4. The van der Waals surface area contributed by atoms with Crippen molar-refractivity contribution in [2.45, 2.75) is 13.8 Å². The van der Waals surface area contributed by atoms with Crippen LogP contribution in [0.1, 0.15) is 22.3 Å². The first-order chi connectivity index (χ1) is 12.1. The zero-order valence-electron chi connectivity index (χ0n) is 14.2. The van der Waals surface area contributed by atoms with E-state index in [1.54, 1.807) is 0 Å². The molecule has 3 aromatic carbocycles. The Kier molecular flexibility index (Phi) is 3.73. The summed E-state index contributed by atoms with van der Waals surface area (Å²) in [6, 6.07) is 20.4. The van der Waals surface area contributed by atoms with Gasteiger partial charge in [-0.25, -0.2) is 4.79 Å². The number of ether oxygens (including phenoxy) is 1. The van der Waals surface area contributed by atoms with Gasteiger partial charge < -0.3 is 4.74 Å². The van der Waals surface area contributed by atoms with Crippen LogP contribution in [-0.4, -0.2) is 5.97 Å². The van der Waals surface area contributed by atoms with E-state index in [2.05, 4.69) is 30.3 Å². The highest BCUT2D eigenvalue weighted by Crippen LogP contribution is 2.31. The number of carbonyl (C=O) groups is 1. The van der Waals surface area contributed by atoms with E-state index in [1.165, 1.54) is 0 Å². The molecule has 0 bridgehead atoms. The summed E-state index contributed by atoms with van der Waals surface area (Å²) in [5.74, 6) is 0.321. The molecule has 1 aliphatic heterocycles. The minimum Gasteiger partial charge on any atom is -0.422 e. The highest BCUT2D eigenvalue weighted by molar-refractivity contribution is 6.07. The summed E-state index contributed by atoms with van der Waals surface area (Å²) in [7, 11) is 0. The van der Waals surface area contributed by atoms with Crippen LogP contribution in [0.25, 0.3) is 22.6 Å². The molecule has 0 fully saturated rings. The fourth-order valence-corrected chi connectivity index (χ4v) is 3.17. The fraction of sp³-hybridized carbons (Fsp3) is 0.0870. The van der Waals surface area contributed by atoms with Crippen molar-refractivity contribution in [3.8, 4) is 0 Å². The maximum Gasteiger partial charge on any atom is 0.343 e. The lowest BCUT2D eigenvalue weighted by atomic mass is 10.0. The second-order valence-corrected chi connectivity index (χ2v) is 6.38. The van der Waals surface area contributed by atoms with Crippen LogP contribution in [0.3, 0.4) is 0 Å². The summed E-state index contributed by atoms with van der Waals surface area (Å²) < 4.78 is 5.53. The molecule has 4 rings (SSSR count). The molecule has 0 amide bonds. The zero-order chi connectivity index (χ0) is 17.4. The minimum atomic E-state index is -0.302. The molecule has 0 saturated heterocycles. The van der Waals surface area contributed by atoms with Crippen LogP contribution in [0.4, 0.5) is 0 Å². The van der Waals surface area contributed by atoms with Crippen molar-refractivity contribution in [1.82, 2.24) is 0 Å². The van der Waals surface area contributed by atoms with E-state index in [0.717, 1.165) is 33.0 Å². The van der Waals surface area contributed by atoms with E-state index in [-0.39, 0.29) is 5.97 Å². The molecular formula is C23H18O2. The quantitative estimate of drug-likeness (QED) is 0.463. The van der Waals surface area contributed by atoms with Crippen LogP contribution in [0.2, 0.25) is 0 Å². The number of rotatable bonds is 2. The SMILES string of the molecule is Cc1ccc(C)c(C2=C/C(=C\c3cccc4ccccc34)C(=O)O2)c1. The molecule has 1 heterocycles. The Labute approximate surface area is 147 Å². The smallest absolute Gasteiger partial charge is 0.343 e. The molecule has 1 aliphatic rings. The van der Waals surface area contributed by atoms with Gasteiger partial charge in [-0.1, -0.05) is 60.2 Å². The van der Waals surface area contributed by atoms with Gasteiger partial charge in [0.15, 0.2) is 0 Å². The van der Waals surface area contributed by atoms with Gasteiger partial charge in [-0.05, 0) is 54.0 Å². The number of hydrogen-bond donors (Lipinski definition) is 0. The first kappa shape index (κ1) is 15.4. The third-order valence-corrected chi connectivity index (χ3v) is 4.52. The van der Waals surface area contributed by atoms with E-state index in [0.29, 0.717) is 11.3 Å². The number of fused-ring (bicyclic) bond motifs is 1. The summed E-state index contributed by atoms with van der Waals surface area (Å²) in [5.41, 5.74) is 4.80. The van der Waals surface area contributed by atoms with Crippen LogP contribution in [0.15, 0.2) is 72.3 Å². The molecule has 0 aromatic heterocycles. The average Bonchev–Trinajstić information content (AvgIpc) is 2.98. The molecule has 2 heteroatoms. The second-order valence-electron chi connectivity index (χ2n) is 6.38. The molecule has 3 aromatic rings. The molecule has 0 radical (unpaired) electrons. The van der Waals surface area contributed by atoms with Crippen LogP contribution in [-0.2, 0) is 9.53 Å². The van der Waals surface area contributed by atoms with Crippen molar-refractivity contribution in [1.29, 1.82) is 0 Å². The Bertz CT molecular complexity index is 1050. The number of cyclic esters (lactones) is 1. The number of benzene rings is 3. The summed E-state index contributed by atoms with van der Waals surface area (Å²) >= 11 is 0. The largest absolute Gasteiger partial charge is 0.422 e. The van der Waals surface area contributed by atoms with Gasteiger partial charge in [0.25, 0.3) is 0 Å². The van der Waals surface area contributed by atoms with Gasteiger partial charge in [0.05, 0.1) is 5.57 Å². The Morgan fingerprint density at radius 3 is 2.60 bits per heavy atom. The van der Waals surface area contributed by atoms with Crippen LogP contribution in [0, 0.1) is 13.8 Å². The average molecular weight is 326 g/mol. The van der Waals surface area contributed by atoms with Crippen molar-refractivity contribution < 1.29 is 9.53 Å². The first-order valence-electron chi connectivity index (χ1n) is 8.33. The maximum atomic E-state index is 12.4. The number of esters is 1. The molecule has 122 valence electrons. The molecule has 0 N–H and O–H groups in total. The highest BCUT2D eigenvalue weighted by atomic mass is 16.5. The van der Waals surface area contributed by atoms with Gasteiger partial charge in [0.1, 0.15) is 5.76 Å². The van der Waals surface area contributed by atoms with Gasteiger partial charge in [-0.2, -0.15) is 0 Å². The van der Waals surface area contributed by atoms with Gasteiger partial charge in [-0.3, -0.25) is 0 Å². The van der Waals surface area contributed by atoms with E-state index < -0.39 is 0 Å². The first-order valence-corrected chi connectivity index (χ1v) is 8.33. The van der Waals surface area contributed by atoms with Crippen molar-refractivity contribution in [2.75, 3.05) is 0 Å². The third-order valence-electron chi connectivity index (χ3n) is 4.52. The molecule has 25 heavy (non-hydrogen) atoms. The third kappa shape index (κ3) is 2.87. The van der Waals surface area contributed by atoms with Crippen LogP contribution < -0.4 is 0 Å². The van der Waals surface area contributed by atoms with Gasteiger partial charge in [0.2, 0.25) is 0 Å². The standard InChI is InChI=1S/C23H18O2/c1-15-10-11-16(2)21(12-15)22-14-19(23(24)25-22)13-18-8-5-7-17-6-3-4-9-20(17)18/h3-14H,1-2H3/b19-13+. The zero-order valence-corrected chi connectivity index (χ0v) is 14.2. The van der Waals surface area contributed by atoms with E-state index in [9.17, 15) is 4.79 Å². The second kappa shape index (κ2) is 6.06. The number of aryl methyl sites for hydroxylation is 2. The van der Waals surface area contributed by atoms with Gasteiger partial charge >= 0.3 is 5.97 Å². The number of carbonyl (C=O) groups excluding carboxylic acids is 1. The Morgan fingerprint density at radius 2 is 1.72 bits per heavy atom. The molecule has 0 atom stereocenters. The van der Waals surface area contributed by atoms with E-state index in [1.807, 2.05) is 56.3 Å². The molecule has 0 aliphatic carbocycles. The molecule has 0 unspecified atom stereocenters. The van der Waals surface area contributed by atoms with Crippen molar-refractivity contribution in [3.63, 3.8) is 0 Å². The number of hydrogen-bond acceptors (Lipinski definition) is 2. The predicted molar refractivity (Wildman–Crippen MR) is 102 cm³/mol. The lowest BCUT2D eigenvalue weighted by Crippen LogP contribution is -1.98. The molecular weight excluding hydrogens is 308 g/mol. The molecule has 0 spiro atoms. The topological polar surface area (TPSA) is 26.3 Å². The lowest BCUT2D eigenvalue weighted by Gasteiger charge is -2.06. The Hall–Kier alpha value is -3.13. The van der Waals surface area contributed by atoms with E-state index in [4.69, 9.17) is 4.74 Å². The summed E-state index contributed by atoms with van der Waals surface area (Å²) in [4.78, 5) is 12.4.